The lowest BCUT2D eigenvalue weighted by Crippen LogP contribution is -2.32. The van der Waals surface area contributed by atoms with Crippen molar-refractivity contribution in [2.24, 2.45) is 7.05 Å². The Kier molecular flexibility index (Phi) is 4.63. The summed E-state index contributed by atoms with van der Waals surface area (Å²) in [5, 5.41) is 11.7. The van der Waals surface area contributed by atoms with Gasteiger partial charge in [0.2, 0.25) is 5.69 Å². The van der Waals surface area contributed by atoms with Crippen LogP contribution in [-0.4, -0.2) is 14.8 Å². The van der Waals surface area contributed by atoms with Crippen LogP contribution in [0, 0.1) is 11.3 Å². The number of hydrogen-bond acceptors (Lipinski definition) is 4. The third kappa shape index (κ3) is 3.06. The second-order valence-electron chi connectivity index (χ2n) is 2.25. The zero-order valence-corrected chi connectivity index (χ0v) is 7.94. The predicted octanol–water partition coefficient (Wildman–Crippen LogP) is -0.467. The van der Waals surface area contributed by atoms with E-state index in [-0.39, 0.29) is 5.69 Å². The van der Waals surface area contributed by atoms with Crippen molar-refractivity contribution in [1.82, 2.24) is 14.8 Å². The highest BCUT2D eigenvalue weighted by molar-refractivity contribution is 5.12. The predicted molar refractivity (Wildman–Crippen MR) is 50.7 cm³/mol. The van der Waals surface area contributed by atoms with Gasteiger partial charge < -0.3 is 0 Å². The summed E-state index contributed by atoms with van der Waals surface area (Å²) >= 11 is 0. The molecule has 1 heterocycles. The summed E-state index contributed by atoms with van der Waals surface area (Å²) in [6.07, 6.45) is 1.75. The molecular weight excluding hydrogens is 184 g/mol. The molecule has 0 aliphatic heterocycles. The molecule has 1 aromatic rings. The van der Waals surface area contributed by atoms with Crippen molar-refractivity contribution in [3.8, 4) is 6.07 Å². The van der Waals surface area contributed by atoms with Crippen LogP contribution in [0.4, 0.5) is 0 Å². The van der Waals surface area contributed by atoms with Crippen LogP contribution in [-0.2, 0) is 7.05 Å². The molecule has 1 aromatic heterocycles. The van der Waals surface area contributed by atoms with Gasteiger partial charge >= 0.3 is 5.69 Å². The maximum atomic E-state index is 10.7. The molecular formula is C8H10N4O2. The number of rotatable bonds is 0. The number of nitriles is 1. The van der Waals surface area contributed by atoms with Crippen molar-refractivity contribution >= 4 is 0 Å². The number of nitrogens with zero attached hydrogens (tertiary/aromatic N) is 3. The van der Waals surface area contributed by atoms with Crippen molar-refractivity contribution in [2.45, 2.75) is 6.92 Å². The Morgan fingerprint density at radius 3 is 2.57 bits per heavy atom. The maximum absolute atomic E-state index is 10.7. The number of hydrogen-bond donors (Lipinski definition) is 1. The molecule has 6 nitrogen and oxygen atoms in total. The Balaban J connectivity index is 0.000000500. The van der Waals surface area contributed by atoms with Gasteiger partial charge in [-0.1, -0.05) is 6.08 Å². The number of aryl methyl sites for hydroxylation is 1. The van der Waals surface area contributed by atoms with E-state index in [0.29, 0.717) is 0 Å². The van der Waals surface area contributed by atoms with Crippen molar-refractivity contribution < 1.29 is 0 Å². The Hall–Kier alpha value is -2.16. The van der Waals surface area contributed by atoms with E-state index in [4.69, 9.17) is 5.26 Å². The van der Waals surface area contributed by atoms with Crippen LogP contribution in [0.1, 0.15) is 12.6 Å². The van der Waals surface area contributed by atoms with Crippen LogP contribution in [0.25, 0.3) is 0 Å². The molecule has 0 atom stereocenters. The minimum absolute atomic E-state index is 0.313. The van der Waals surface area contributed by atoms with Gasteiger partial charge in [0, 0.05) is 7.05 Å². The van der Waals surface area contributed by atoms with E-state index in [0.717, 1.165) is 4.68 Å². The highest BCUT2D eigenvalue weighted by atomic mass is 16.2. The van der Waals surface area contributed by atoms with E-state index in [1.54, 1.807) is 12.1 Å². The number of nitrogens with one attached hydrogen (secondary N) is 1. The highest BCUT2D eigenvalue weighted by Gasteiger charge is 2.00. The van der Waals surface area contributed by atoms with Crippen LogP contribution in [0.5, 0.6) is 0 Å². The van der Waals surface area contributed by atoms with Crippen LogP contribution >= 0.6 is 0 Å². The van der Waals surface area contributed by atoms with Gasteiger partial charge in [-0.2, -0.15) is 10.4 Å². The fraction of sp³-hybridized carbons (Fsp3) is 0.250. The summed E-state index contributed by atoms with van der Waals surface area (Å²) in [5.41, 5.74) is -1.70. The molecule has 0 unspecified atom stereocenters. The molecule has 0 fully saturated rings. The smallest absolute Gasteiger partial charge is 0.270 e. The third-order valence-electron chi connectivity index (χ3n) is 1.09. The summed E-state index contributed by atoms with van der Waals surface area (Å²) in [6, 6.07) is 1.55. The van der Waals surface area contributed by atoms with Gasteiger partial charge in [-0.25, -0.2) is 9.48 Å². The van der Waals surface area contributed by atoms with Crippen molar-refractivity contribution in [3.63, 3.8) is 0 Å². The Labute approximate surface area is 80.1 Å². The Morgan fingerprint density at radius 1 is 1.64 bits per heavy atom. The van der Waals surface area contributed by atoms with Gasteiger partial charge in [-0.05, 0) is 6.92 Å². The monoisotopic (exact) mass is 194 g/mol. The molecule has 0 spiro atoms. The molecule has 6 heteroatoms. The molecule has 0 amide bonds. The highest BCUT2D eigenvalue weighted by Crippen LogP contribution is 1.71. The summed E-state index contributed by atoms with van der Waals surface area (Å²) < 4.78 is 0.889. The van der Waals surface area contributed by atoms with Crippen LogP contribution in [0.2, 0.25) is 0 Å². The largest absolute Gasteiger partial charge is 0.344 e. The number of allylic oxidation sites excluding steroid dienone is 1. The molecule has 0 bridgehead atoms. The number of aromatic amines is 1. The lowest BCUT2D eigenvalue weighted by molar-refractivity contribution is 0.659. The van der Waals surface area contributed by atoms with Gasteiger partial charge in [0.25, 0.3) is 5.56 Å². The Bertz CT molecular complexity index is 463. The summed E-state index contributed by atoms with van der Waals surface area (Å²) in [5.74, 6) is 0. The zero-order chi connectivity index (χ0) is 11.1. The van der Waals surface area contributed by atoms with E-state index in [2.05, 4.69) is 11.7 Å². The van der Waals surface area contributed by atoms with E-state index in [9.17, 15) is 9.59 Å². The zero-order valence-electron chi connectivity index (χ0n) is 7.94. The fourth-order valence-electron chi connectivity index (χ4n) is 0.551. The molecule has 0 aliphatic rings. The molecule has 0 aromatic carbocycles. The van der Waals surface area contributed by atoms with Crippen molar-refractivity contribution in [2.75, 3.05) is 0 Å². The van der Waals surface area contributed by atoms with Gasteiger partial charge in [-0.15, -0.1) is 6.58 Å². The topological polar surface area (TPSA) is 91.5 Å². The van der Waals surface area contributed by atoms with Gasteiger partial charge in [0.05, 0.1) is 0 Å². The summed E-state index contributed by atoms with van der Waals surface area (Å²) in [7, 11) is 1.35. The first-order valence-corrected chi connectivity index (χ1v) is 3.71. The van der Waals surface area contributed by atoms with Gasteiger partial charge in [0.1, 0.15) is 6.07 Å². The van der Waals surface area contributed by atoms with Crippen LogP contribution < -0.4 is 11.2 Å². The molecule has 0 aliphatic carbocycles. The summed E-state index contributed by atoms with van der Waals surface area (Å²) in [4.78, 5) is 23.2. The summed E-state index contributed by atoms with van der Waals surface area (Å²) in [6.45, 7) is 5.25. The van der Waals surface area contributed by atoms with Gasteiger partial charge in [-0.3, -0.25) is 9.78 Å². The van der Waals surface area contributed by atoms with Crippen LogP contribution in [0.3, 0.4) is 0 Å². The quantitative estimate of drug-likeness (QED) is 0.565. The van der Waals surface area contributed by atoms with Crippen LogP contribution in [0.15, 0.2) is 22.2 Å². The molecule has 0 saturated carbocycles. The first-order chi connectivity index (χ1) is 6.56. The van der Waals surface area contributed by atoms with E-state index < -0.39 is 11.2 Å². The first-order valence-electron chi connectivity index (χ1n) is 3.71. The Morgan fingerprint density at radius 2 is 2.14 bits per heavy atom. The average Bonchev–Trinajstić information content (AvgIpc) is 2.12. The minimum Gasteiger partial charge on any atom is -0.270 e. The standard InChI is InChI=1S/C5H4N4O2.C3H6/c1-9-5(11)7-4(10)3(2-6)8-9;1-3-2/h1H3,(H,7,10,11);3H,1H2,2H3. The molecule has 0 saturated heterocycles. The van der Waals surface area contributed by atoms with E-state index in [1.807, 2.05) is 11.9 Å². The second kappa shape index (κ2) is 5.48. The number of aromatic nitrogens is 3. The lowest BCUT2D eigenvalue weighted by Gasteiger charge is -1.91. The van der Waals surface area contributed by atoms with Gasteiger partial charge in [0.15, 0.2) is 0 Å². The van der Waals surface area contributed by atoms with Crippen molar-refractivity contribution in [1.29, 1.82) is 5.26 Å². The number of H-pyrrole nitrogens is 1. The minimum atomic E-state index is -0.754. The second-order valence-corrected chi connectivity index (χ2v) is 2.25. The lowest BCUT2D eigenvalue weighted by atomic mass is 10.5. The maximum Gasteiger partial charge on any atom is 0.344 e. The third-order valence-corrected chi connectivity index (χ3v) is 1.09. The van der Waals surface area contributed by atoms with Crippen molar-refractivity contribution in [3.05, 3.63) is 39.2 Å². The molecule has 1 N–H and O–H groups in total. The molecule has 14 heavy (non-hydrogen) atoms. The SMILES string of the molecule is C=CC.Cn1nc(C#N)c(=O)[nH]c1=O. The van der Waals surface area contributed by atoms with E-state index in [1.165, 1.54) is 7.05 Å². The molecule has 74 valence electrons. The molecule has 0 radical (unpaired) electrons. The fourth-order valence-corrected chi connectivity index (χ4v) is 0.551. The van der Waals surface area contributed by atoms with E-state index >= 15 is 0 Å². The molecule has 1 rings (SSSR count). The normalized spacial score (nSPS) is 8.07. The first kappa shape index (κ1) is 11.8. The average molecular weight is 194 g/mol.